The average molecular weight is 551 g/mol. The van der Waals surface area contributed by atoms with Crippen LogP contribution < -0.4 is 4.72 Å². The lowest BCUT2D eigenvalue weighted by Gasteiger charge is -2.41. The Morgan fingerprint density at radius 3 is 2.44 bits per heavy atom. The highest BCUT2D eigenvalue weighted by Gasteiger charge is 2.30. The lowest BCUT2D eigenvalue weighted by atomic mass is 10.1. The number of benzene rings is 3. The Hall–Kier alpha value is -3.89. The lowest BCUT2D eigenvalue weighted by molar-refractivity contribution is 0.0430. The van der Waals surface area contributed by atoms with Gasteiger partial charge in [-0.3, -0.25) is 19.4 Å². The Morgan fingerprint density at radius 2 is 1.72 bits per heavy atom. The van der Waals surface area contributed by atoms with Gasteiger partial charge in [0.2, 0.25) is 0 Å². The molecule has 39 heavy (non-hydrogen) atoms. The van der Waals surface area contributed by atoms with Crippen LogP contribution in [0.25, 0.3) is 10.9 Å². The van der Waals surface area contributed by atoms with Crippen molar-refractivity contribution in [2.24, 2.45) is 0 Å². The Balaban J connectivity index is 1.26. The fourth-order valence-corrected chi connectivity index (χ4v) is 6.23. The van der Waals surface area contributed by atoms with Gasteiger partial charge in [-0.15, -0.1) is 0 Å². The summed E-state index contributed by atoms with van der Waals surface area (Å²) in [7, 11) is -3.90. The van der Waals surface area contributed by atoms with E-state index in [1.165, 1.54) is 18.2 Å². The number of carbonyl (C=O) groups is 1. The van der Waals surface area contributed by atoms with Crippen LogP contribution in [-0.4, -0.2) is 54.8 Å². The molecule has 1 atom stereocenters. The third-order valence-corrected chi connectivity index (χ3v) is 8.31. The van der Waals surface area contributed by atoms with E-state index in [-0.39, 0.29) is 16.8 Å². The minimum atomic E-state index is -3.90. The molecule has 0 saturated carbocycles. The topological polar surface area (TPSA) is 82.6 Å². The minimum absolute atomic E-state index is 0.0679. The highest BCUT2D eigenvalue weighted by atomic mass is 32.2. The van der Waals surface area contributed by atoms with Crippen LogP contribution >= 0.6 is 0 Å². The quantitative estimate of drug-likeness (QED) is 0.348. The molecule has 0 aliphatic carbocycles. The van der Waals surface area contributed by atoms with E-state index in [0.29, 0.717) is 48.5 Å². The van der Waals surface area contributed by atoms with Crippen molar-refractivity contribution in [1.82, 2.24) is 14.8 Å². The summed E-state index contributed by atoms with van der Waals surface area (Å²) in [6.45, 7) is 4.01. The van der Waals surface area contributed by atoms with Gasteiger partial charge >= 0.3 is 0 Å². The first kappa shape index (κ1) is 26.7. The first-order valence-corrected chi connectivity index (χ1v) is 14.2. The van der Waals surface area contributed by atoms with Crippen LogP contribution in [0.5, 0.6) is 0 Å². The van der Waals surface area contributed by atoms with Gasteiger partial charge in [0.1, 0.15) is 16.5 Å². The van der Waals surface area contributed by atoms with Gasteiger partial charge in [-0.1, -0.05) is 25.1 Å². The van der Waals surface area contributed by atoms with Gasteiger partial charge in [0.05, 0.1) is 5.52 Å². The summed E-state index contributed by atoms with van der Waals surface area (Å²) in [5.41, 5.74) is 1.72. The number of piperazine rings is 1. The zero-order valence-electron chi connectivity index (χ0n) is 21.3. The van der Waals surface area contributed by atoms with Crippen molar-refractivity contribution in [1.29, 1.82) is 0 Å². The SMILES string of the molecule is CC[C@H]1CN(Cc2cc(F)cc(F)c2)CCN1C(=O)c1ccc(NS(=O)(=O)c2cccc3cccnc23)cc1. The molecule has 0 bridgehead atoms. The number of nitrogens with zero attached hydrogens (tertiary/aromatic N) is 3. The molecule has 1 N–H and O–H groups in total. The molecular weight excluding hydrogens is 522 g/mol. The third-order valence-electron chi connectivity index (χ3n) is 6.90. The molecule has 202 valence electrons. The van der Waals surface area contributed by atoms with E-state index in [1.807, 2.05) is 11.8 Å². The molecule has 0 unspecified atom stereocenters. The summed E-state index contributed by atoms with van der Waals surface area (Å²) >= 11 is 0. The molecule has 4 aromatic rings. The fourth-order valence-electron chi connectivity index (χ4n) is 4.99. The first-order valence-electron chi connectivity index (χ1n) is 12.7. The smallest absolute Gasteiger partial charge is 0.264 e. The summed E-state index contributed by atoms with van der Waals surface area (Å²) in [4.78, 5) is 21.5. The maximum atomic E-state index is 13.6. The Morgan fingerprint density at radius 1 is 1.00 bits per heavy atom. The van der Waals surface area contributed by atoms with Gasteiger partial charge in [-0.2, -0.15) is 0 Å². The van der Waals surface area contributed by atoms with E-state index in [2.05, 4.69) is 14.6 Å². The van der Waals surface area contributed by atoms with Gasteiger partial charge in [0.25, 0.3) is 15.9 Å². The zero-order chi connectivity index (χ0) is 27.6. The predicted octanol–water partition coefficient (Wildman–Crippen LogP) is 5.05. The number of pyridine rings is 1. The molecule has 10 heteroatoms. The van der Waals surface area contributed by atoms with Crippen molar-refractivity contribution in [2.75, 3.05) is 24.4 Å². The maximum absolute atomic E-state index is 13.6. The number of sulfonamides is 1. The summed E-state index contributed by atoms with van der Waals surface area (Å²) < 4.78 is 55.9. The zero-order valence-corrected chi connectivity index (χ0v) is 22.2. The first-order chi connectivity index (χ1) is 18.7. The second kappa shape index (κ2) is 11.1. The van der Waals surface area contributed by atoms with E-state index >= 15 is 0 Å². The van der Waals surface area contributed by atoms with Gasteiger partial charge in [-0.25, -0.2) is 17.2 Å². The van der Waals surface area contributed by atoms with Gasteiger partial charge < -0.3 is 4.90 Å². The van der Waals surface area contributed by atoms with Crippen LogP contribution in [0.2, 0.25) is 0 Å². The third kappa shape index (κ3) is 5.91. The molecule has 1 aromatic heterocycles. The summed E-state index contributed by atoms with van der Waals surface area (Å²) in [6, 6.07) is 18.3. The largest absolute Gasteiger partial charge is 0.333 e. The maximum Gasteiger partial charge on any atom is 0.264 e. The van der Waals surface area contributed by atoms with Crippen LogP contribution in [-0.2, 0) is 16.6 Å². The number of nitrogens with one attached hydrogen (secondary N) is 1. The molecule has 0 spiro atoms. The molecule has 7 nitrogen and oxygen atoms in total. The molecule has 1 aliphatic rings. The number of rotatable bonds is 7. The highest BCUT2D eigenvalue weighted by molar-refractivity contribution is 7.93. The Bertz CT molecular complexity index is 1590. The summed E-state index contributed by atoms with van der Waals surface area (Å²) in [5, 5.41) is 0.718. The molecule has 0 radical (unpaired) electrons. The van der Waals surface area contributed by atoms with E-state index in [9.17, 15) is 22.0 Å². The van der Waals surface area contributed by atoms with Crippen molar-refractivity contribution < 1.29 is 22.0 Å². The number of anilines is 1. The molecule has 1 amide bonds. The van der Waals surface area contributed by atoms with E-state index in [0.717, 1.165) is 17.9 Å². The molecule has 5 rings (SSSR count). The van der Waals surface area contributed by atoms with E-state index in [1.54, 1.807) is 54.7 Å². The number of hydrogen-bond donors (Lipinski definition) is 1. The van der Waals surface area contributed by atoms with E-state index < -0.39 is 21.7 Å². The highest BCUT2D eigenvalue weighted by Crippen LogP contribution is 2.24. The van der Waals surface area contributed by atoms with Crippen LogP contribution in [0.1, 0.15) is 29.3 Å². The number of fused-ring (bicyclic) bond motifs is 1. The molecule has 2 heterocycles. The number of carbonyl (C=O) groups excluding carboxylic acids is 1. The van der Waals surface area contributed by atoms with Crippen LogP contribution in [0, 0.1) is 11.6 Å². The molecule has 1 aliphatic heterocycles. The number of para-hydroxylation sites is 1. The van der Waals surface area contributed by atoms with Gasteiger partial charge in [-0.05, 0) is 60.5 Å². The molecule has 3 aromatic carbocycles. The van der Waals surface area contributed by atoms with Crippen molar-refractivity contribution in [2.45, 2.75) is 30.8 Å². The Labute approximate surface area is 226 Å². The Kier molecular flexibility index (Phi) is 7.58. The monoisotopic (exact) mass is 550 g/mol. The number of aromatic nitrogens is 1. The number of halogens is 2. The molecular formula is C29H28F2N4O3S. The van der Waals surface area contributed by atoms with Crippen molar-refractivity contribution in [3.05, 3.63) is 102 Å². The summed E-state index contributed by atoms with van der Waals surface area (Å²) in [6.07, 6.45) is 2.27. The second-order valence-corrected chi connectivity index (χ2v) is 11.2. The van der Waals surface area contributed by atoms with Gasteiger partial charge in [0, 0.05) is 61.1 Å². The van der Waals surface area contributed by atoms with Crippen LogP contribution in [0.3, 0.4) is 0 Å². The average Bonchev–Trinajstić information content (AvgIpc) is 2.92. The van der Waals surface area contributed by atoms with Crippen LogP contribution in [0.4, 0.5) is 14.5 Å². The van der Waals surface area contributed by atoms with Crippen LogP contribution in [0.15, 0.2) is 83.9 Å². The number of hydrogen-bond acceptors (Lipinski definition) is 5. The summed E-state index contributed by atoms with van der Waals surface area (Å²) in [5.74, 6) is -1.36. The normalized spacial score (nSPS) is 16.4. The van der Waals surface area contributed by atoms with Gasteiger partial charge in [0.15, 0.2) is 0 Å². The van der Waals surface area contributed by atoms with Crippen molar-refractivity contribution in [3.63, 3.8) is 0 Å². The van der Waals surface area contributed by atoms with Crippen molar-refractivity contribution >= 4 is 32.5 Å². The lowest BCUT2D eigenvalue weighted by Crippen LogP contribution is -2.54. The predicted molar refractivity (Wildman–Crippen MR) is 146 cm³/mol. The molecule has 1 fully saturated rings. The fraction of sp³-hybridized carbons (Fsp3) is 0.241. The van der Waals surface area contributed by atoms with E-state index in [4.69, 9.17) is 0 Å². The second-order valence-electron chi connectivity index (χ2n) is 9.59. The number of amides is 1. The minimum Gasteiger partial charge on any atom is -0.333 e. The van der Waals surface area contributed by atoms with Crippen molar-refractivity contribution in [3.8, 4) is 0 Å². The standard InChI is InChI=1S/C29H28F2N4O3S/c1-2-26-19-34(18-20-15-23(30)17-24(31)16-20)13-14-35(26)29(36)22-8-10-25(11-9-22)33-39(37,38)27-7-3-5-21-6-4-12-32-28(21)27/h3-12,15-17,26,33H,2,13-14,18-19H2,1H3/t26-/m0/s1. The molecule has 1 saturated heterocycles.